The van der Waals surface area contributed by atoms with Crippen molar-refractivity contribution in [3.8, 4) is 11.5 Å². The fraction of sp³-hybridized carbons (Fsp3) is 0.167. The molecule has 8 heteroatoms. The van der Waals surface area contributed by atoms with E-state index in [0.717, 1.165) is 9.13 Å². The van der Waals surface area contributed by atoms with E-state index >= 15 is 0 Å². The van der Waals surface area contributed by atoms with Gasteiger partial charge in [0.1, 0.15) is 0 Å². The van der Waals surface area contributed by atoms with Crippen LogP contribution in [0.2, 0.25) is 0 Å². The maximum absolute atomic E-state index is 11.8. The van der Waals surface area contributed by atoms with Crippen LogP contribution >= 0.6 is 22.6 Å². The predicted octanol–water partition coefficient (Wildman–Crippen LogP) is 2.89. The number of nitrogens with one attached hydrogen (secondary N) is 2. The van der Waals surface area contributed by atoms with Crippen molar-refractivity contribution in [1.82, 2.24) is 5.43 Å². The summed E-state index contributed by atoms with van der Waals surface area (Å²) < 4.78 is 11.6. The Morgan fingerprint density at radius 3 is 2.58 bits per heavy atom. The van der Waals surface area contributed by atoms with Crippen molar-refractivity contribution >= 4 is 46.3 Å². The molecule has 0 unspecified atom stereocenters. The normalized spacial score (nSPS) is 12.2. The van der Waals surface area contributed by atoms with Crippen LogP contribution in [0.3, 0.4) is 0 Å². The first kappa shape index (κ1) is 18.2. The highest BCUT2D eigenvalue weighted by Crippen LogP contribution is 2.31. The summed E-state index contributed by atoms with van der Waals surface area (Å²) in [6.07, 6.45) is 1.64. The molecule has 2 N–H and O–H groups in total. The molecule has 134 valence electrons. The maximum atomic E-state index is 11.8. The van der Waals surface area contributed by atoms with Crippen LogP contribution in [0, 0.1) is 3.57 Å². The lowest BCUT2D eigenvalue weighted by molar-refractivity contribution is -0.124. The van der Waals surface area contributed by atoms with Crippen LogP contribution in [0.5, 0.6) is 11.5 Å². The van der Waals surface area contributed by atoms with Crippen LogP contribution < -0.4 is 20.2 Å². The number of halogens is 1. The molecular formula is C18H16IN3O4. The van der Waals surface area contributed by atoms with Crippen LogP contribution in [0.1, 0.15) is 18.4 Å². The van der Waals surface area contributed by atoms with Gasteiger partial charge in [0.15, 0.2) is 11.5 Å². The summed E-state index contributed by atoms with van der Waals surface area (Å²) in [6.45, 7) is 0.205. The number of hydrogen-bond acceptors (Lipinski definition) is 5. The topological polar surface area (TPSA) is 89.0 Å². The first-order valence-corrected chi connectivity index (χ1v) is 8.95. The van der Waals surface area contributed by atoms with Crippen molar-refractivity contribution in [1.29, 1.82) is 0 Å². The van der Waals surface area contributed by atoms with Crippen molar-refractivity contribution in [3.63, 3.8) is 0 Å². The summed E-state index contributed by atoms with van der Waals surface area (Å²) in [7, 11) is 0. The molecule has 0 bridgehead atoms. The van der Waals surface area contributed by atoms with Gasteiger partial charge in [0.25, 0.3) is 0 Å². The van der Waals surface area contributed by atoms with Gasteiger partial charge in [0.05, 0.1) is 6.21 Å². The molecule has 0 saturated heterocycles. The summed E-state index contributed by atoms with van der Waals surface area (Å²) in [5.41, 5.74) is 3.88. The Hall–Kier alpha value is -2.62. The van der Waals surface area contributed by atoms with Gasteiger partial charge >= 0.3 is 0 Å². The minimum Gasteiger partial charge on any atom is -0.454 e. The van der Waals surface area contributed by atoms with Gasteiger partial charge < -0.3 is 14.8 Å². The predicted molar refractivity (Wildman–Crippen MR) is 105 cm³/mol. The fourth-order valence-corrected chi connectivity index (χ4v) is 2.57. The Morgan fingerprint density at radius 2 is 1.77 bits per heavy atom. The van der Waals surface area contributed by atoms with Gasteiger partial charge in [-0.1, -0.05) is 0 Å². The van der Waals surface area contributed by atoms with Gasteiger partial charge in [-0.15, -0.1) is 0 Å². The van der Waals surface area contributed by atoms with Gasteiger partial charge in [0, 0.05) is 22.1 Å². The van der Waals surface area contributed by atoms with Crippen molar-refractivity contribution in [3.05, 3.63) is 51.6 Å². The number of anilines is 1. The van der Waals surface area contributed by atoms with E-state index in [9.17, 15) is 9.59 Å². The third-order valence-electron chi connectivity index (χ3n) is 3.51. The van der Waals surface area contributed by atoms with Gasteiger partial charge in [0.2, 0.25) is 18.6 Å². The van der Waals surface area contributed by atoms with Crippen molar-refractivity contribution in [2.45, 2.75) is 12.8 Å². The SMILES string of the molecule is O=C(CCC(=O)Nc1ccc(I)cc1)N/N=C\c1ccc2c(c1)OCO2. The van der Waals surface area contributed by atoms with E-state index in [2.05, 4.69) is 38.4 Å². The maximum Gasteiger partial charge on any atom is 0.240 e. The molecule has 0 aromatic heterocycles. The number of rotatable bonds is 6. The largest absolute Gasteiger partial charge is 0.454 e. The van der Waals surface area contributed by atoms with Crippen molar-refractivity contribution in [2.24, 2.45) is 5.10 Å². The molecule has 2 aromatic carbocycles. The lowest BCUT2D eigenvalue weighted by Crippen LogP contribution is -2.20. The smallest absolute Gasteiger partial charge is 0.240 e. The zero-order valence-electron chi connectivity index (χ0n) is 13.7. The van der Waals surface area contributed by atoms with Crippen LogP contribution in [0.4, 0.5) is 5.69 Å². The molecule has 0 fully saturated rings. The number of carbonyl (C=O) groups excluding carboxylic acids is 2. The van der Waals surface area contributed by atoms with E-state index in [1.54, 1.807) is 18.2 Å². The first-order valence-electron chi connectivity index (χ1n) is 7.87. The Balaban J connectivity index is 1.41. The van der Waals surface area contributed by atoms with Crippen LogP contribution in [-0.2, 0) is 9.59 Å². The van der Waals surface area contributed by atoms with E-state index in [4.69, 9.17) is 9.47 Å². The third kappa shape index (κ3) is 5.19. The summed E-state index contributed by atoms with van der Waals surface area (Å²) in [5.74, 6) is 0.777. The first-order chi connectivity index (χ1) is 12.6. The summed E-state index contributed by atoms with van der Waals surface area (Å²) in [6, 6.07) is 12.8. The zero-order chi connectivity index (χ0) is 18.4. The van der Waals surface area contributed by atoms with Gasteiger partial charge in [-0.2, -0.15) is 5.10 Å². The number of ether oxygens (including phenoxy) is 2. The van der Waals surface area contributed by atoms with Gasteiger partial charge in [-0.05, 0) is 70.6 Å². The molecule has 0 radical (unpaired) electrons. The molecule has 1 aliphatic heterocycles. The van der Waals surface area contributed by atoms with E-state index in [1.165, 1.54) is 6.21 Å². The lowest BCUT2D eigenvalue weighted by atomic mass is 10.2. The number of amides is 2. The Bertz CT molecular complexity index is 837. The molecule has 2 aromatic rings. The molecular weight excluding hydrogens is 449 g/mol. The standard InChI is InChI=1S/C18H16IN3O4/c19-13-2-4-14(5-3-13)21-17(23)7-8-18(24)22-20-10-12-1-6-15-16(9-12)26-11-25-15/h1-6,9-10H,7-8,11H2,(H,21,23)(H,22,24)/b20-10-. The van der Waals surface area contributed by atoms with Crippen LogP contribution in [0.25, 0.3) is 0 Å². The molecule has 3 rings (SSSR count). The van der Waals surface area contributed by atoms with E-state index in [1.807, 2.05) is 24.3 Å². The second-order valence-electron chi connectivity index (χ2n) is 5.46. The van der Waals surface area contributed by atoms with E-state index < -0.39 is 0 Å². The van der Waals surface area contributed by atoms with Crippen LogP contribution in [-0.4, -0.2) is 24.8 Å². The Morgan fingerprint density at radius 1 is 1.04 bits per heavy atom. The molecule has 2 amide bonds. The highest BCUT2D eigenvalue weighted by atomic mass is 127. The number of carbonyl (C=O) groups is 2. The Labute approximate surface area is 163 Å². The molecule has 0 aliphatic carbocycles. The number of benzene rings is 2. The number of fused-ring (bicyclic) bond motifs is 1. The second kappa shape index (κ2) is 8.65. The Kier molecular flexibility index (Phi) is 6.05. The van der Waals surface area contributed by atoms with Crippen molar-refractivity contribution in [2.75, 3.05) is 12.1 Å². The third-order valence-corrected chi connectivity index (χ3v) is 4.23. The van der Waals surface area contributed by atoms with E-state index in [0.29, 0.717) is 17.2 Å². The average Bonchev–Trinajstić information content (AvgIpc) is 3.10. The molecule has 1 heterocycles. The molecule has 26 heavy (non-hydrogen) atoms. The summed E-state index contributed by atoms with van der Waals surface area (Å²) >= 11 is 2.19. The molecule has 1 aliphatic rings. The summed E-state index contributed by atoms with van der Waals surface area (Å²) in [4.78, 5) is 23.6. The molecule has 0 spiro atoms. The quantitative estimate of drug-likeness (QED) is 0.390. The van der Waals surface area contributed by atoms with E-state index in [-0.39, 0.29) is 31.4 Å². The summed E-state index contributed by atoms with van der Waals surface area (Å²) in [5, 5.41) is 6.63. The monoisotopic (exact) mass is 465 g/mol. The lowest BCUT2D eigenvalue weighted by Gasteiger charge is -2.05. The second-order valence-corrected chi connectivity index (χ2v) is 6.71. The number of hydrogen-bond donors (Lipinski definition) is 2. The zero-order valence-corrected chi connectivity index (χ0v) is 15.9. The van der Waals surface area contributed by atoms with Crippen molar-refractivity contribution < 1.29 is 19.1 Å². The van der Waals surface area contributed by atoms with Gasteiger partial charge in [-0.25, -0.2) is 5.43 Å². The molecule has 0 atom stereocenters. The minimum atomic E-state index is -0.334. The highest BCUT2D eigenvalue weighted by molar-refractivity contribution is 14.1. The molecule has 7 nitrogen and oxygen atoms in total. The minimum absolute atomic E-state index is 0.0503. The number of hydrazone groups is 1. The average molecular weight is 465 g/mol. The fourth-order valence-electron chi connectivity index (χ4n) is 2.21. The number of nitrogens with zero attached hydrogens (tertiary/aromatic N) is 1. The van der Waals surface area contributed by atoms with Gasteiger partial charge in [-0.3, -0.25) is 9.59 Å². The molecule has 0 saturated carbocycles. The highest BCUT2D eigenvalue weighted by Gasteiger charge is 2.12. The van der Waals surface area contributed by atoms with Crippen LogP contribution in [0.15, 0.2) is 47.6 Å².